The number of unbranched alkanes of at least 4 members (excludes halogenated alkanes) is 1. The lowest BCUT2D eigenvalue weighted by molar-refractivity contribution is -0.150. The van der Waals surface area contributed by atoms with Gasteiger partial charge < -0.3 is 37.8 Å². The van der Waals surface area contributed by atoms with E-state index in [0.29, 0.717) is 45.2 Å². The molecule has 9 N–H and O–H groups in total. The van der Waals surface area contributed by atoms with Crippen LogP contribution in [-0.4, -0.2) is 76.9 Å². The predicted octanol–water partition coefficient (Wildman–Crippen LogP) is -1.20. The fraction of sp³-hybridized carbons (Fsp3) is 0.773. The molecule has 194 valence electrons. The molecule has 1 rings (SSSR count). The highest BCUT2D eigenvalue weighted by Gasteiger charge is 2.39. The molecule has 34 heavy (non-hydrogen) atoms. The monoisotopic (exact) mass is 484 g/mol. The lowest BCUT2D eigenvalue weighted by atomic mass is 9.96. The number of hydrogen-bond donors (Lipinski definition) is 6. The summed E-state index contributed by atoms with van der Waals surface area (Å²) in [5.41, 5.74) is 16.5. The van der Waals surface area contributed by atoms with Crippen LogP contribution in [0, 0.1) is 5.92 Å². The lowest BCUT2D eigenvalue weighted by Crippen LogP contribution is -2.58. The summed E-state index contributed by atoms with van der Waals surface area (Å²) in [5.74, 6) is -3.53. The molecule has 1 heterocycles. The second-order valence-corrected chi connectivity index (χ2v) is 8.86. The minimum absolute atomic E-state index is 0.0395. The van der Waals surface area contributed by atoms with Gasteiger partial charge in [-0.2, -0.15) is 0 Å². The van der Waals surface area contributed by atoms with Crippen molar-refractivity contribution in [2.45, 2.75) is 89.4 Å². The van der Waals surface area contributed by atoms with E-state index >= 15 is 0 Å². The van der Waals surface area contributed by atoms with Crippen molar-refractivity contribution < 1.29 is 29.1 Å². The van der Waals surface area contributed by atoms with Crippen molar-refractivity contribution in [3.8, 4) is 0 Å². The molecule has 12 nitrogen and oxygen atoms in total. The van der Waals surface area contributed by atoms with E-state index in [1.807, 2.05) is 6.92 Å². The largest absolute Gasteiger partial charge is 0.480 e. The molecule has 1 aliphatic heterocycles. The second kappa shape index (κ2) is 14.5. The molecule has 0 aliphatic carbocycles. The third kappa shape index (κ3) is 8.90. The summed E-state index contributed by atoms with van der Waals surface area (Å²) in [6.07, 6.45) is 2.95. The maximum absolute atomic E-state index is 13.2. The smallest absolute Gasteiger partial charge is 0.326 e. The SMILES string of the molecule is CCC(C)C(NC(=O)C(CCCCN)NC(=O)C(N)CCC(N)=O)C(=O)N1CCCC1C(=O)O. The molecule has 1 fully saturated rings. The number of carboxylic acid groups (broad SMARTS) is 1. The third-order valence-corrected chi connectivity index (χ3v) is 6.22. The molecule has 0 aromatic rings. The van der Waals surface area contributed by atoms with E-state index in [0.717, 1.165) is 0 Å². The van der Waals surface area contributed by atoms with Gasteiger partial charge in [0, 0.05) is 13.0 Å². The number of primary amides is 1. The third-order valence-electron chi connectivity index (χ3n) is 6.22. The average molecular weight is 485 g/mol. The van der Waals surface area contributed by atoms with Gasteiger partial charge in [0.05, 0.1) is 6.04 Å². The van der Waals surface area contributed by atoms with Gasteiger partial charge >= 0.3 is 5.97 Å². The molecule has 0 aromatic carbocycles. The first kappa shape index (κ1) is 29.3. The molecular weight excluding hydrogens is 444 g/mol. The molecule has 5 atom stereocenters. The Morgan fingerprint density at radius 3 is 2.32 bits per heavy atom. The van der Waals surface area contributed by atoms with Crippen LogP contribution in [0.15, 0.2) is 0 Å². The van der Waals surface area contributed by atoms with E-state index in [9.17, 15) is 29.1 Å². The molecule has 12 heteroatoms. The topological polar surface area (TPSA) is 211 Å². The molecule has 0 radical (unpaired) electrons. The fourth-order valence-corrected chi connectivity index (χ4v) is 3.87. The van der Waals surface area contributed by atoms with Crippen LogP contribution in [-0.2, 0) is 24.0 Å². The van der Waals surface area contributed by atoms with E-state index in [4.69, 9.17) is 17.2 Å². The number of nitrogens with zero attached hydrogens (tertiary/aromatic N) is 1. The van der Waals surface area contributed by atoms with Gasteiger partial charge in [-0.15, -0.1) is 0 Å². The van der Waals surface area contributed by atoms with Crippen molar-refractivity contribution in [1.82, 2.24) is 15.5 Å². The first-order valence-electron chi connectivity index (χ1n) is 11.9. The van der Waals surface area contributed by atoms with Crippen LogP contribution in [0.1, 0.15) is 65.2 Å². The van der Waals surface area contributed by atoms with Crippen LogP contribution >= 0.6 is 0 Å². The molecular formula is C22H40N6O6. The lowest BCUT2D eigenvalue weighted by Gasteiger charge is -2.31. The van der Waals surface area contributed by atoms with Gasteiger partial charge in [0.1, 0.15) is 18.1 Å². The van der Waals surface area contributed by atoms with Crippen LogP contribution in [0.2, 0.25) is 0 Å². The zero-order chi connectivity index (χ0) is 25.8. The summed E-state index contributed by atoms with van der Waals surface area (Å²) >= 11 is 0. The molecule has 0 spiro atoms. The van der Waals surface area contributed by atoms with E-state index in [2.05, 4.69) is 10.6 Å². The Bertz CT molecular complexity index is 733. The first-order chi connectivity index (χ1) is 16.0. The highest BCUT2D eigenvalue weighted by molar-refractivity contribution is 5.94. The summed E-state index contributed by atoms with van der Waals surface area (Å²) in [7, 11) is 0. The van der Waals surface area contributed by atoms with Gasteiger partial charge in [0.25, 0.3) is 0 Å². The van der Waals surface area contributed by atoms with Gasteiger partial charge in [-0.1, -0.05) is 20.3 Å². The normalized spacial score (nSPS) is 19.1. The number of carbonyl (C=O) groups is 5. The Balaban J connectivity index is 2.98. The minimum Gasteiger partial charge on any atom is -0.480 e. The summed E-state index contributed by atoms with van der Waals surface area (Å²) in [6.45, 7) is 4.40. The number of carbonyl (C=O) groups excluding carboxylic acids is 4. The zero-order valence-corrected chi connectivity index (χ0v) is 20.1. The van der Waals surface area contributed by atoms with E-state index in [-0.39, 0.29) is 25.2 Å². The Morgan fingerprint density at radius 2 is 1.76 bits per heavy atom. The maximum Gasteiger partial charge on any atom is 0.326 e. The van der Waals surface area contributed by atoms with Crippen molar-refractivity contribution >= 4 is 29.6 Å². The van der Waals surface area contributed by atoms with E-state index in [1.165, 1.54) is 4.90 Å². The summed E-state index contributed by atoms with van der Waals surface area (Å²) in [5, 5.41) is 14.8. The highest BCUT2D eigenvalue weighted by atomic mass is 16.4. The van der Waals surface area contributed by atoms with Crippen molar-refractivity contribution in [2.24, 2.45) is 23.1 Å². The van der Waals surface area contributed by atoms with Gasteiger partial charge in [-0.25, -0.2) is 4.79 Å². The van der Waals surface area contributed by atoms with Crippen molar-refractivity contribution in [3.63, 3.8) is 0 Å². The number of hydrogen-bond acceptors (Lipinski definition) is 7. The van der Waals surface area contributed by atoms with Crippen LogP contribution < -0.4 is 27.8 Å². The van der Waals surface area contributed by atoms with Crippen molar-refractivity contribution in [3.05, 3.63) is 0 Å². The number of nitrogens with two attached hydrogens (primary N) is 3. The molecule has 1 saturated heterocycles. The number of likely N-dealkylation sites (tertiary alicyclic amines) is 1. The average Bonchev–Trinajstić information content (AvgIpc) is 3.29. The standard InChI is InChI=1S/C22H40N6O6/c1-3-13(2)18(21(32)28-12-6-8-16(28)22(33)34)27-20(31)15(7-4-5-11-23)26-19(30)14(24)9-10-17(25)29/h13-16,18H,3-12,23-24H2,1-2H3,(H2,25,29)(H,26,30)(H,27,31)(H,33,34). The van der Waals surface area contributed by atoms with Gasteiger partial charge in [-0.3, -0.25) is 19.2 Å². The summed E-state index contributed by atoms with van der Waals surface area (Å²) < 4.78 is 0. The van der Waals surface area contributed by atoms with E-state index in [1.54, 1.807) is 6.92 Å². The van der Waals surface area contributed by atoms with Crippen molar-refractivity contribution in [2.75, 3.05) is 13.1 Å². The first-order valence-corrected chi connectivity index (χ1v) is 11.9. The van der Waals surface area contributed by atoms with Gasteiger partial charge in [-0.05, 0) is 51.0 Å². The summed E-state index contributed by atoms with van der Waals surface area (Å²) in [6, 6.07) is -3.84. The predicted molar refractivity (Wildman–Crippen MR) is 125 cm³/mol. The van der Waals surface area contributed by atoms with Crippen LogP contribution in [0.4, 0.5) is 0 Å². The Hall–Kier alpha value is -2.73. The highest BCUT2D eigenvalue weighted by Crippen LogP contribution is 2.21. The Labute approximate surface area is 200 Å². The Kier molecular flexibility index (Phi) is 12.5. The molecule has 5 unspecified atom stereocenters. The van der Waals surface area contributed by atoms with E-state index < -0.39 is 53.8 Å². The van der Waals surface area contributed by atoms with Crippen LogP contribution in [0.25, 0.3) is 0 Å². The molecule has 0 bridgehead atoms. The zero-order valence-electron chi connectivity index (χ0n) is 20.1. The molecule has 4 amide bonds. The molecule has 0 aromatic heterocycles. The quantitative estimate of drug-likeness (QED) is 0.155. The number of rotatable bonds is 15. The molecule has 1 aliphatic rings. The fourth-order valence-electron chi connectivity index (χ4n) is 3.87. The number of carboxylic acids is 1. The number of amides is 4. The van der Waals surface area contributed by atoms with Gasteiger partial charge in [0.15, 0.2) is 0 Å². The number of nitrogens with one attached hydrogen (secondary N) is 2. The van der Waals surface area contributed by atoms with Crippen LogP contribution in [0.3, 0.4) is 0 Å². The minimum atomic E-state index is -1.07. The summed E-state index contributed by atoms with van der Waals surface area (Å²) in [4.78, 5) is 62.7. The van der Waals surface area contributed by atoms with Gasteiger partial charge in [0.2, 0.25) is 23.6 Å². The van der Waals surface area contributed by atoms with Crippen LogP contribution in [0.5, 0.6) is 0 Å². The maximum atomic E-state index is 13.2. The number of aliphatic carboxylic acids is 1. The Morgan fingerprint density at radius 1 is 1.09 bits per heavy atom. The second-order valence-electron chi connectivity index (χ2n) is 8.86. The molecule has 0 saturated carbocycles. The van der Waals surface area contributed by atoms with Crippen molar-refractivity contribution in [1.29, 1.82) is 0 Å².